The maximum absolute atomic E-state index is 2.28. The summed E-state index contributed by atoms with van der Waals surface area (Å²) in [6, 6.07) is 0. The molecule has 0 aromatic heterocycles. The first kappa shape index (κ1) is 6.55. The van der Waals surface area contributed by atoms with Crippen LogP contribution in [0, 0.1) is 0 Å². The smallest absolute Gasteiger partial charge is 0.0237 e. The molecule has 1 rings (SSSR count). The lowest BCUT2D eigenvalue weighted by molar-refractivity contribution is 0.517. The Balaban J connectivity index is 1.86. The van der Waals surface area contributed by atoms with Gasteiger partial charge in [-0.05, 0) is 24.7 Å². The number of rotatable bonds is 3. The quantitative estimate of drug-likeness (QED) is 0.515. The molecule has 1 atom stereocenters. The molecule has 1 unspecified atom stereocenters. The highest BCUT2D eigenvalue weighted by molar-refractivity contribution is 7.38. The molecule has 8 heavy (non-hydrogen) atoms. The molecule has 1 aliphatic rings. The monoisotopic (exact) mass is 130 g/mol. The molecule has 48 valence electrons. The molecule has 0 amide bonds. The molecule has 0 spiro atoms. The van der Waals surface area contributed by atoms with E-state index in [0.29, 0.717) is 0 Å². The van der Waals surface area contributed by atoms with Crippen molar-refractivity contribution >= 4 is 8.58 Å². The zero-order valence-electron chi connectivity index (χ0n) is 5.61. The first-order valence-electron chi connectivity index (χ1n) is 3.67. The molecule has 1 saturated carbocycles. The fourth-order valence-electron chi connectivity index (χ4n) is 0.961. The van der Waals surface area contributed by atoms with Crippen molar-refractivity contribution in [3.8, 4) is 0 Å². The summed E-state index contributed by atoms with van der Waals surface area (Å²) in [5.41, 5.74) is 1.16. The molecule has 0 aliphatic heterocycles. The van der Waals surface area contributed by atoms with E-state index in [9.17, 15) is 0 Å². The van der Waals surface area contributed by atoms with Crippen LogP contribution in [0.5, 0.6) is 0 Å². The van der Waals surface area contributed by atoms with Crippen LogP contribution in [-0.2, 0) is 0 Å². The minimum atomic E-state index is 1.16. The molecular weight excluding hydrogens is 115 g/mol. The third kappa shape index (κ3) is 1.74. The van der Waals surface area contributed by atoms with Crippen LogP contribution in [0.15, 0.2) is 0 Å². The van der Waals surface area contributed by atoms with Crippen molar-refractivity contribution in [3.63, 3.8) is 0 Å². The maximum atomic E-state index is 2.28. The van der Waals surface area contributed by atoms with Gasteiger partial charge in [0.1, 0.15) is 0 Å². The van der Waals surface area contributed by atoms with Crippen molar-refractivity contribution in [2.24, 2.45) is 0 Å². The average Bonchev–Trinajstić information content (AvgIpc) is 1.63. The topological polar surface area (TPSA) is 0 Å². The van der Waals surface area contributed by atoms with E-state index in [0.717, 1.165) is 5.66 Å². The van der Waals surface area contributed by atoms with E-state index in [1.54, 1.807) is 12.8 Å². The summed E-state index contributed by atoms with van der Waals surface area (Å²) in [7, 11) is 1.29. The lowest BCUT2D eigenvalue weighted by Crippen LogP contribution is -2.11. The van der Waals surface area contributed by atoms with Crippen LogP contribution >= 0.6 is 8.58 Å². The second kappa shape index (κ2) is 3.45. The average molecular weight is 130 g/mol. The maximum Gasteiger partial charge on any atom is -0.0237 e. The summed E-state index contributed by atoms with van der Waals surface area (Å²) in [6.07, 6.45) is 7.48. The van der Waals surface area contributed by atoms with Crippen LogP contribution < -0.4 is 0 Å². The molecule has 0 radical (unpaired) electrons. The summed E-state index contributed by atoms with van der Waals surface area (Å²) >= 11 is 0. The first-order valence-corrected chi connectivity index (χ1v) is 4.95. The summed E-state index contributed by atoms with van der Waals surface area (Å²) in [5, 5.41) is 0. The van der Waals surface area contributed by atoms with Gasteiger partial charge in [0.2, 0.25) is 0 Å². The second-order valence-electron chi connectivity index (χ2n) is 2.58. The van der Waals surface area contributed by atoms with Crippen LogP contribution in [-0.4, -0.2) is 11.8 Å². The normalized spacial score (nSPS) is 22.1. The molecule has 0 aromatic rings. The molecule has 0 saturated heterocycles. The highest BCUT2D eigenvalue weighted by atomic mass is 31.1. The van der Waals surface area contributed by atoms with Crippen molar-refractivity contribution in [2.45, 2.75) is 38.3 Å². The third-order valence-electron chi connectivity index (χ3n) is 1.79. The van der Waals surface area contributed by atoms with Gasteiger partial charge in [0.25, 0.3) is 0 Å². The summed E-state index contributed by atoms with van der Waals surface area (Å²) < 4.78 is 0. The highest BCUT2D eigenvalue weighted by Crippen LogP contribution is 2.35. The van der Waals surface area contributed by atoms with Gasteiger partial charge in [-0.1, -0.05) is 19.8 Å². The molecule has 1 fully saturated rings. The minimum Gasteiger partial charge on any atom is -0.119 e. The van der Waals surface area contributed by atoms with Gasteiger partial charge in [-0.15, -0.1) is 8.58 Å². The van der Waals surface area contributed by atoms with Crippen molar-refractivity contribution < 1.29 is 0 Å². The Bertz CT molecular complexity index is 57.4. The molecular formula is C7H15P. The zero-order chi connectivity index (χ0) is 5.82. The summed E-state index contributed by atoms with van der Waals surface area (Å²) in [4.78, 5) is 0. The van der Waals surface area contributed by atoms with Crippen LogP contribution in [0.1, 0.15) is 32.6 Å². The van der Waals surface area contributed by atoms with Crippen LogP contribution in [0.3, 0.4) is 0 Å². The van der Waals surface area contributed by atoms with Gasteiger partial charge in [-0.2, -0.15) is 0 Å². The molecule has 0 aromatic carbocycles. The first-order chi connectivity index (χ1) is 3.93. The Morgan fingerprint density at radius 1 is 1.50 bits per heavy atom. The van der Waals surface area contributed by atoms with Crippen molar-refractivity contribution in [2.75, 3.05) is 6.16 Å². The Kier molecular flexibility index (Phi) is 2.83. The van der Waals surface area contributed by atoms with Gasteiger partial charge in [0.15, 0.2) is 0 Å². The van der Waals surface area contributed by atoms with E-state index < -0.39 is 0 Å². The van der Waals surface area contributed by atoms with E-state index >= 15 is 0 Å². The van der Waals surface area contributed by atoms with Gasteiger partial charge < -0.3 is 0 Å². The fourth-order valence-corrected chi connectivity index (χ4v) is 2.47. The zero-order valence-corrected chi connectivity index (χ0v) is 6.61. The van der Waals surface area contributed by atoms with Crippen molar-refractivity contribution in [3.05, 3.63) is 0 Å². The van der Waals surface area contributed by atoms with E-state index in [-0.39, 0.29) is 0 Å². The molecule has 0 N–H and O–H groups in total. The van der Waals surface area contributed by atoms with Crippen molar-refractivity contribution in [1.29, 1.82) is 0 Å². The predicted molar refractivity (Wildman–Crippen MR) is 41.1 cm³/mol. The Morgan fingerprint density at radius 3 is 2.62 bits per heavy atom. The molecule has 0 nitrogen and oxygen atoms in total. The van der Waals surface area contributed by atoms with Gasteiger partial charge in [0.05, 0.1) is 0 Å². The summed E-state index contributed by atoms with van der Waals surface area (Å²) in [6.45, 7) is 2.28. The van der Waals surface area contributed by atoms with Gasteiger partial charge in [-0.3, -0.25) is 0 Å². The Hall–Kier alpha value is 0.430. The van der Waals surface area contributed by atoms with Gasteiger partial charge in [0, 0.05) is 0 Å². The number of hydrogen-bond acceptors (Lipinski definition) is 0. The number of hydrogen-bond donors (Lipinski definition) is 0. The van der Waals surface area contributed by atoms with E-state index in [4.69, 9.17) is 0 Å². The lowest BCUT2D eigenvalue weighted by Gasteiger charge is -2.24. The van der Waals surface area contributed by atoms with E-state index in [2.05, 4.69) is 6.92 Å². The molecule has 0 heterocycles. The SMILES string of the molecule is CCCPC1CCC1. The van der Waals surface area contributed by atoms with Crippen molar-refractivity contribution in [1.82, 2.24) is 0 Å². The molecule has 1 heteroatoms. The molecule has 0 bridgehead atoms. The van der Waals surface area contributed by atoms with Crippen LogP contribution in [0.2, 0.25) is 0 Å². The Morgan fingerprint density at radius 2 is 2.25 bits per heavy atom. The highest BCUT2D eigenvalue weighted by Gasteiger charge is 2.15. The largest absolute Gasteiger partial charge is 0.119 e. The fraction of sp³-hybridized carbons (Fsp3) is 1.00. The van der Waals surface area contributed by atoms with E-state index in [1.807, 2.05) is 0 Å². The standard InChI is InChI=1S/C7H15P/c1-2-6-8-7-4-3-5-7/h7-8H,2-6H2,1H3. The van der Waals surface area contributed by atoms with Crippen LogP contribution in [0.25, 0.3) is 0 Å². The lowest BCUT2D eigenvalue weighted by atomic mass is 10.00. The van der Waals surface area contributed by atoms with Gasteiger partial charge in [-0.25, -0.2) is 0 Å². The third-order valence-corrected chi connectivity index (χ3v) is 3.73. The van der Waals surface area contributed by atoms with Gasteiger partial charge >= 0.3 is 0 Å². The molecule has 1 aliphatic carbocycles. The van der Waals surface area contributed by atoms with Crippen LogP contribution in [0.4, 0.5) is 0 Å². The summed E-state index contributed by atoms with van der Waals surface area (Å²) in [5.74, 6) is 0. The Labute approximate surface area is 53.8 Å². The minimum absolute atomic E-state index is 1.16. The second-order valence-corrected chi connectivity index (χ2v) is 4.31. The van der Waals surface area contributed by atoms with E-state index in [1.165, 1.54) is 27.6 Å². The predicted octanol–water partition coefficient (Wildman–Crippen LogP) is 2.63.